The lowest BCUT2D eigenvalue weighted by Crippen LogP contribution is -2.22. The maximum Gasteiger partial charge on any atom is 0.242 e. The average molecular weight is 417 g/mol. The van der Waals surface area contributed by atoms with Crippen molar-refractivity contribution in [3.8, 4) is 17.1 Å². The van der Waals surface area contributed by atoms with Crippen molar-refractivity contribution in [3.63, 3.8) is 0 Å². The Morgan fingerprint density at radius 2 is 1.93 bits per heavy atom. The lowest BCUT2D eigenvalue weighted by Gasteiger charge is -2.13. The Hall–Kier alpha value is -3.31. The predicted molar refractivity (Wildman–Crippen MR) is 103 cm³/mol. The number of nitrogens with one attached hydrogen (secondary N) is 1. The van der Waals surface area contributed by atoms with Gasteiger partial charge in [0, 0.05) is 44.9 Å². The van der Waals surface area contributed by atoms with Gasteiger partial charge in [0.25, 0.3) is 0 Å². The lowest BCUT2D eigenvalue weighted by molar-refractivity contribution is -0.116. The number of phenols is 1. The highest BCUT2D eigenvalue weighted by Crippen LogP contribution is 2.27. The highest BCUT2D eigenvalue weighted by atomic mass is 32.2. The number of benzene rings is 1. The molecular weight excluding hydrogens is 398 g/mol. The van der Waals surface area contributed by atoms with E-state index in [0.29, 0.717) is 5.82 Å². The molecule has 2 aromatic heterocycles. The standard InChI is InChI=1S/C18H19N5O5S/c1-23(2)29(26,27)13-3-4-15(24)14(11-13)20-16(25)5-6-17-21-18(22-28-17)12-7-9-19-10-8-12/h3-4,7-11,24H,5-6H2,1-2H3,(H,20,25). The van der Waals surface area contributed by atoms with Crippen LogP contribution in [0.25, 0.3) is 11.4 Å². The number of anilines is 1. The molecule has 11 heteroatoms. The lowest BCUT2D eigenvalue weighted by atomic mass is 10.2. The number of pyridine rings is 1. The summed E-state index contributed by atoms with van der Waals surface area (Å²) in [6, 6.07) is 7.15. The fourth-order valence-corrected chi connectivity index (χ4v) is 3.32. The number of aromatic hydroxyl groups is 1. The highest BCUT2D eigenvalue weighted by molar-refractivity contribution is 7.89. The Labute approximate surface area is 167 Å². The van der Waals surface area contributed by atoms with Gasteiger partial charge in [-0.25, -0.2) is 12.7 Å². The number of carbonyl (C=O) groups is 1. The van der Waals surface area contributed by atoms with Crippen LogP contribution in [0.15, 0.2) is 52.1 Å². The molecule has 0 unspecified atom stereocenters. The number of phenolic OH excluding ortho intramolecular Hbond substituents is 1. The van der Waals surface area contributed by atoms with Crippen LogP contribution >= 0.6 is 0 Å². The number of hydrogen-bond acceptors (Lipinski definition) is 8. The van der Waals surface area contributed by atoms with E-state index in [9.17, 15) is 18.3 Å². The number of rotatable bonds is 7. The Bertz CT molecular complexity index is 1110. The minimum atomic E-state index is -3.70. The molecular formula is C18H19N5O5S. The molecule has 29 heavy (non-hydrogen) atoms. The first kappa shape index (κ1) is 20.4. The van der Waals surface area contributed by atoms with Crippen molar-refractivity contribution in [1.82, 2.24) is 19.4 Å². The predicted octanol–water partition coefficient (Wildman–Crippen LogP) is 1.66. The summed E-state index contributed by atoms with van der Waals surface area (Å²) in [5.41, 5.74) is 0.740. The van der Waals surface area contributed by atoms with E-state index in [0.717, 1.165) is 9.87 Å². The molecule has 0 aliphatic heterocycles. The zero-order valence-electron chi connectivity index (χ0n) is 15.7. The number of hydrogen-bond donors (Lipinski definition) is 2. The monoisotopic (exact) mass is 417 g/mol. The molecule has 10 nitrogen and oxygen atoms in total. The minimum absolute atomic E-state index is 0.000860. The van der Waals surface area contributed by atoms with Crippen molar-refractivity contribution in [2.75, 3.05) is 19.4 Å². The third kappa shape index (κ3) is 4.76. The van der Waals surface area contributed by atoms with Gasteiger partial charge in [-0.2, -0.15) is 4.98 Å². The summed E-state index contributed by atoms with van der Waals surface area (Å²) >= 11 is 0. The van der Waals surface area contributed by atoms with Gasteiger partial charge in [-0.05, 0) is 30.3 Å². The van der Waals surface area contributed by atoms with Crippen LogP contribution in [0.5, 0.6) is 5.75 Å². The SMILES string of the molecule is CN(C)S(=O)(=O)c1ccc(O)c(NC(=O)CCc2nc(-c3ccncc3)no2)c1. The normalized spacial score (nSPS) is 11.6. The zero-order chi connectivity index (χ0) is 21.0. The molecule has 0 fully saturated rings. The van der Waals surface area contributed by atoms with Crippen LogP contribution in [0.2, 0.25) is 0 Å². The van der Waals surface area contributed by atoms with Gasteiger partial charge < -0.3 is 14.9 Å². The van der Waals surface area contributed by atoms with Crippen molar-refractivity contribution < 1.29 is 22.8 Å². The fraction of sp³-hybridized carbons (Fsp3) is 0.222. The van der Waals surface area contributed by atoms with E-state index in [1.54, 1.807) is 24.5 Å². The van der Waals surface area contributed by atoms with E-state index in [1.165, 1.54) is 32.3 Å². The highest BCUT2D eigenvalue weighted by Gasteiger charge is 2.19. The molecule has 2 heterocycles. The van der Waals surface area contributed by atoms with Gasteiger partial charge >= 0.3 is 0 Å². The Morgan fingerprint density at radius 1 is 1.21 bits per heavy atom. The molecule has 0 aliphatic rings. The molecule has 3 aromatic rings. The molecule has 3 rings (SSSR count). The van der Waals surface area contributed by atoms with Gasteiger partial charge in [-0.1, -0.05) is 5.16 Å². The summed E-state index contributed by atoms with van der Waals surface area (Å²) < 4.78 is 30.6. The number of aryl methyl sites for hydroxylation is 1. The second-order valence-corrected chi connectivity index (χ2v) is 8.41. The van der Waals surface area contributed by atoms with Crippen LogP contribution in [-0.4, -0.2) is 53.0 Å². The average Bonchev–Trinajstić information content (AvgIpc) is 3.17. The molecule has 1 aromatic carbocycles. The Kier molecular flexibility index (Phi) is 5.89. The van der Waals surface area contributed by atoms with Crippen molar-refractivity contribution in [3.05, 3.63) is 48.6 Å². The Morgan fingerprint density at radius 3 is 2.62 bits per heavy atom. The van der Waals surface area contributed by atoms with Crippen molar-refractivity contribution in [2.45, 2.75) is 17.7 Å². The second kappa shape index (κ2) is 8.37. The quantitative estimate of drug-likeness (QED) is 0.554. The van der Waals surface area contributed by atoms with Crippen LogP contribution in [-0.2, 0) is 21.2 Å². The summed E-state index contributed by atoms with van der Waals surface area (Å²) in [5, 5.41) is 16.3. The largest absolute Gasteiger partial charge is 0.506 e. The third-order valence-electron chi connectivity index (χ3n) is 3.99. The summed E-state index contributed by atoms with van der Waals surface area (Å²) in [4.78, 5) is 20.3. The van der Waals surface area contributed by atoms with Crippen LogP contribution < -0.4 is 5.32 Å². The number of sulfonamides is 1. The molecule has 152 valence electrons. The van der Waals surface area contributed by atoms with Crippen molar-refractivity contribution in [1.29, 1.82) is 0 Å². The van der Waals surface area contributed by atoms with E-state index in [2.05, 4.69) is 20.4 Å². The molecule has 0 saturated heterocycles. The van der Waals surface area contributed by atoms with Crippen LogP contribution in [0, 0.1) is 0 Å². The van der Waals surface area contributed by atoms with Crippen LogP contribution in [0.4, 0.5) is 5.69 Å². The molecule has 2 N–H and O–H groups in total. The number of aromatic nitrogens is 3. The van der Waals surface area contributed by atoms with Crippen LogP contribution in [0.1, 0.15) is 12.3 Å². The molecule has 0 radical (unpaired) electrons. The van der Waals surface area contributed by atoms with E-state index in [-0.39, 0.29) is 35.1 Å². The molecule has 0 atom stereocenters. The van der Waals surface area contributed by atoms with E-state index < -0.39 is 15.9 Å². The fourth-order valence-electron chi connectivity index (χ4n) is 2.39. The Balaban J connectivity index is 1.65. The van der Waals surface area contributed by atoms with E-state index in [4.69, 9.17) is 4.52 Å². The van der Waals surface area contributed by atoms with E-state index in [1.807, 2.05) is 0 Å². The molecule has 1 amide bonds. The van der Waals surface area contributed by atoms with Crippen molar-refractivity contribution in [2.24, 2.45) is 0 Å². The molecule has 0 aliphatic carbocycles. The van der Waals surface area contributed by atoms with Crippen LogP contribution in [0.3, 0.4) is 0 Å². The first-order valence-corrected chi connectivity index (χ1v) is 10.00. The molecule has 0 bridgehead atoms. The molecule has 0 saturated carbocycles. The third-order valence-corrected chi connectivity index (χ3v) is 5.80. The smallest absolute Gasteiger partial charge is 0.242 e. The summed E-state index contributed by atoms with van der Waals surface area (Å²) in [6.45, 7) is 0. The van der Waals surface area contributed by atoms with Gasteiger partial charge in [0.15, 0.2) is 0 Å². The van der Waals surface area contributed by atoms with Crippen molar-refractivity contribution >= 4 is 21.6 Å². The number of carbonyl (C=O) groups excluding carboxylic acids is 1. The van der Waals surface area contributed by atoms with E-state index >= 15 is 0 Å². The zero-order valence-corrected chi connectivity index (χ0v) is 16.5. The summed E-state index contributed by atoms with van der Waals surface area (Å²) in [7, 11) is -0.910. The maximum absolute atomic E-state index is 12.2. The second-order valence-electron chi connectivity index (χ2n) is 6.26. The number of amides is 1. The summed E-state index contributed by atoms with van der Waals surface area (Å²) in [5.74, 6) is -0.0145. The van der Waals surface area contributed by atoms with Gasteiger partial charge in [0.1, 0.15) is 5.75 Å². The van der Waals surface area contributed by atoms with Gasteiger partial charge in [0.2, 0.25) is 27.6 Å². The maximum atomic E-state index is 12.2. The summed E-state index contributed by atoms with van der Waals surface area (Å²) in [6.07, 6.45) is 3.40. The minimum Gasteiger partial charge on any atom is -0.506 e. The number of nitrogens with zero attached hydrogens (tertiary/aromatic N) is 4. The van der Waals surface area contributed by atoms with Gasteiger partial charge in [-0.15, -0.1) is 0 Å². The van der Waals surface area contributed by atoms with Gasteiger partial charge in [0.05, 0.1) is 10.6 Å². The first-order valence-electron chi connectivity index (χ1n) is 8.56. The first-order chi connectivity index (χ1) is 13.8. The topological polar surface area (TPSA) is 139 Å². The molecule has 0 spiro atoms. The van der Waals surface area contributed by atoms with Gasteiger partial charge in [-0.3, -0.25) is 9.78 Å².